The van der Waals surface area contributed by atoms with Gasteiger partial charge in [-0.3, -0.25) is 9.79 Å². The smallest absolute Gasteiger partial charge is 0.225 e. The quantitative estimate of drug-likeness (QED) is 0.648. The first-order chi connectivity index (χ1) is 11.5. The van der Waals surface area contributed by atoms with Gasteiger partial charge in [0.2, 0.25) is 5.91 Å². The number of carbonyl (C=O) groups excluding carboxylic acids is 1. The van der Waals surface area contributed by atoms with Crippen molar-refractivity contribution in [3.8, 4) is 6.07 Å². The van der Waals surface area contributed by atoms with E-state index >= 15 is 0 Å². The van der Waals surface area contributed by atoms with Gasteiger partial charge in [0, 0.05) is 38.6 Å². The average Bonchev–Trinajstić information content (AvgIpc) is 3.06. The lowest BCUT2D eigenvalue weighted by atomic mass is 10.1. The van der Waals surface area contributed by atoms with Crippen LogP contribution in [0.5, 0.6) is 0 Å². The summed E-state index contributed by atoms with van der Waals surface area (Å²) in [5.74, 6) is 0.949. The number of aliphatic imine (C=N–C) groups is 1. The zero-order valence-corrected chi connectivity index (χ0v) is 14.5. The molecule has 6 nitrogen and oxygen atoms in total. The Hall–Kier alpha value is -2.55. The minimum Gasteiger partial charge on any atom is -0.352 e. The largest absolute Gasteiger partial charge is 0.352 e. The van der Waals surface area contributed by atoms with Crippen molar-refractivity contribution in [1.82, 2.24) is 15.5 Å². The number of nitrogens with one attached hydrogen (secondary N) is 2. The molecule has 1 heterocycles. The molecule has 0 aliphatic carbocycles. The molecule has 0 spiro atoms. The summed E-state index contributed by atoms with van der Waals surface area (Å²) in [4.78, 5) is 18.2. The summed E-state index contributed by atoms with van der Waals surface area (Å²) in [7, 11) is 1.73. The van der Waals surface area contributed by atoms with E-state index in [1.807, 2.05) is 36.9 Å². The Morgan fingerprint density at radius 2 is 2.29 bits per heavy atom. The van der Waals surface area contributed by atoms with Crippen molar-refractivity contribution in [2.45, 2.75) is 32.9 Å². The second-order valence-corrected chi connectivity index (χ2v) is 6.31. The van der Waals surface area contributed by atoms with Crippen LogP contribution in [0.15, 0.2) is 29.3 Å². The maximum Gasteiger partial charge on any atom is 0.225 e. The fourth-order valence-electron chi connectivity index (χ4n) is 2.77. The van der Waals surface area contributed by atoms with Crippen LogP contribution in [-0.4, -0.2) is 42.9 Å². The van der Waals surface area contributed by atoms with Crippen molar-refractivity contribution in [3.63, 3.8) is 0 Å². The second-order valence-electron chi connectivity index (χ2n) is 6.31. The molecule has 1 aliphatic rings. The van der Waals surface area contributed by atoms with E-state index in [4.69, 9.17) is 5.26 Å². The van der Waals surface area contributed by atoms with Crippen molar-refractivity contribution in [3.05, 3.63) is 35.4 Å². The molecule has 1 aliphatic heterocycles. The van der Waals surface area contributed by atoms with Gasteiger partial charge < -0.3 is 15.5 Å². The number of guanidine groups is 1. The summed E-state index contributed by atoms with van der Waals surface area (Å²) in [6, 6.07) is 9.85. The third-order valence-corrected chi connectivity index (χ3v) is 4.07. The van der Waals surface area contributed by atoms with Crippen molar-refractivity contribution in [2.75, 3.05) is 20.1 Å². The number of hydrogen-bond donors (Lipinski definition) is 2. The van der Waals surface area contributed by atoms with Crippen molar-refractivity contribution in [1.29, 1.82) is 5.26 Å². The molecule has 2 rings (SSSR count). The SMILES string of the molecule is CN=C(NCc1cccc(C#N)c1)NC1CCN(C(=O)C(C)C)C1. The molecular weight excluding hydrogens is 302 g/mol. The van der Waals surface area contributed by atoms with Gasteiger partial charge in [0.25, 0.3) is 0 Å². The Kier molecular flexibility index (Phi) is 6.19. The fourth-order valence-corrected chi connectivity index (χ4v) is 2.77. The highest BCUT2D eigenvalue weighted by atomic mass is 16.2. The van der Waals surface area contributed by atoms with Gasteiger partial charge in [0.05, 0.1) is 11.6 Å². The molecule has 128 valence electrons. The van der Waals surface area contributed by atoms with Crippen molar-refractivity contribution in [2.24, 2.45) is 10.9 Å². The van der Waals surface area contributed by atoms with Gasteiger partial charge in [-0.25, -0.2) is 0 Å². The molecule has 0 radical (unpaired) electrons. The maximum atomic E-state index is 12.0. The average molecular weight is 327 g/mol. The van der Waals surface area contributed by atoms with Gasteiger partial charge >= 0.3 is 0 Å². The number of amides is 1. The van der Waals surface area contributed by atoms with Gasteiger partial charge in [-0.15, -0.1) is 0 Å². The lowest BCUT2D eigenvalue weighted by Gasteiger charge is -2.20. The van der Waals surface area contributed by atoms with E-state index in [-0.39, 0.29) is 17.9 Å². The van der Waals surface area contributed by atoms with Gasteiger partial charge in [-0.2, -0.15) is 5.26 Å². The van der Waals surface area contributed by atoms with E-state index < -0.39 is 0 Å². The molecule has 0 saturated carbocycles. The molecule has 1 amide bonds. The molecule has 0 bridgehead atoms. The number of nitrogens with zero attached hydrogens (tertiary/aromatic N) is 3. The van der Waals surface area contributed by atoms with Gasteiger partial charge in [0.15, 0.2) is 5.96 Å². The molecule has 1 fully saturated rings. The van der Waals surface area contributed by atoms with E-state index in [1.54, 1.807) is 13.1 Å². The summed E-state index contributed by atoms with van der Waals surface area (Å²) >= 11 is 0. The molecule has 1 aromatic rings. The number of likely N-dealkylation sites (tertiary alicyclic amines) is 1. The monoisotopic (exact) mass is 327 g/mol. The Bertz CT molecular complexity index is 647. The predicted octanol–water partition coefficient (Wildman–Crippen LogP) is 1.48. The van der Waals surface area contributed by atoms with E-state index in [0.29, 0.717) is 24.6 Å². The number of carbonyl (C=O) groups is 1. The molecule has 1 saturated heterocycles. The molecule has 1 atom stereocenters. The number of rotatable bonds is 4. The Labute approximate surface area is 143 Å². The normalized spacial score (nSPS) is 17.7. The molecule has 0 aromatic heterocycles. The zero-order chi connectivity index (χ0) is 17.5. The highest BCUT2D eigenvalue weighted by Gasteiger charge is 2.27. The lowest BCUT2D eigenvalue weighted by molar-refractivity contribution is -0.133. The third kappa shape index (κ3) is 4.72. The minimum atomic E-state index is 0.0357. The molecule has 1 unspecified atom stereocenters. The first-order valence-corrected chi connectivity index (χ1v) is 8.28. The zero-order valence-electron chi connectivity index (χ0n) is 14.5. The van der Waals surface area contributed by atoms with E-state index in [2.05, 4.69) is 21.7 Å². The highest BCUT2D eigenvalue weighted by molar-refractivity contribution is 5.81. The Morgan fingerprint density at radius 3 is 2.96 bits per heavy atom. The first kappa shape index (κ1) is 17.8. The summed E-state index contributed by atoms with van der Waals surface area (Å²) in [6.07, 6.45) is 0.920. The van der Waals surface area contributed by atoms with Crippen LogP contribution in [0.3, 0.4) is 0 Å². The lowest BCUT2D eigenvalue weighted by Crippen LogP contribution is -2.45. The van der Waals surface area contributed by atoms with Crippen LogP contribution >= 0.6 is 0 Å². The third-order valence-electron chi connectivity index (χ3n) is 4.07. The molecule has 1 aromatic carbocycles. The van der Waals surface area contributed by atoms with Crippen LogP contribution in [0.4, 0.5) is 0 Å². The molecule has 6 heteroatoms. The summed E-state index contributed by atoms with van der Waals surface area (Å²) in [6.45, 7) is 5.95. The molecule has 2 N–H and O–H groups in total. The van der Waals surface area contributed by atoms with Crippen molar-refractivity contribution >= 4 is 11.9 Å². The van der Waals surface area contributed by atoms with Crippen LogP contribution in [-0.2, 0) is 11.3 Å². The second kappa shape index (κ2) is 8.34. The van der Waals surface area contributed by atoms with Crippen LogP contribution in [0.1, 0.15) is 31.4 Å². The van der Waals surface area contributed by atoms with Gasteiger partial charge in [0.1, 0.15) is 0 Å². The minimum absolute atomic E-state index is 0.0357. The summed E-state index contributed by atoms with van der Waals surface area (Å²) in [5, 5.41) is 15.6. The maximum absolute atomic E-state index is 12.0. The standard InChI is InChI=1S/C18H25N5O/c1-13(2)17(24)23-8-7-16(12-23)22-18(20-3)21-11-15-6-4-5-14(9-15)10-19/h4-6,9,13,16H,7-8,11-12H2,1-3H3,(H2,20,21,22). The Balaban J connectivity index is 1.85. The summed E-state index contributed by atoms with van der Waals surface area (Å²) in [5.41, 5.74) is 1.68. The first-order valence-electron chi connectivity index (χ1n) is 8.28. The van der Waals surface area contributed by atoms with Gasteiger partial charge in [-0.1, -0.05) is 26.0 Å². The number of hydrogen-bond acceptors (Lipinski definition) is 3. The van der Waals surface area contributed by atoms with E-state index in [9.17, 15) is 4.79 Å². The Morgan fingerprint density at radius 1 is 1.50 bits per heavy atom. The van der Waals surface area contributed by atoms with Crippen LogP contribution in [0, 0.1) is 17.2 Å². The van der Waals surface area contributed by atoms with Crippen molar-refractivity contribution < 1.29 is 4.79 Å². The summed E-state index contributed by atoms with van der Waals surface area (Å²) < 4.78 is 0. The molecular formula is C18H25N5O. The number of nitriles is 1. The number of benzene rings is 1. The van der Waals surface area contributed by atoms with Crippen LogP contribution < -0.4 is 10.6 Å². The van der Waals surface area contributed by atoms with E-state index in [0.717, 1.165) is 18.5 Å². The van der Waals surface area contributed by atoms with E-state index in [1.165, 1.54) is 0 Å². The fraction of sp³-hybridized carbons (Fsp3) is 0.500. The topological polar surface area (TPSA) is 80.5 Å². The highest BCUT2D eigenvalue weighted by Crippen LogP contribution is 2.12. The molecule has 24 heavy (non-hydrogen) atoms. The van der Waals surface area contributed by atoms with Crippen LogP contribution in [0.2, 0.25) is 0 Å². The van der Waals surface area contributed by atoms with Crippen LogP contribution in [0.25, 0.3) is 0 Å². The predicted molar refractivity (Wildman–Crippen MR) is 94.3 cm³/mol. The van der Waals surface area contributed by atoms with Gasteiger partial charge in [-0.05, 0) is 24.1 Å².